The molecule has 7 nitrogen and oxygen atoms in total. The number of aryl methyl sites for hydroxylation is 3. The highest BCUT2D eigenvalue weighted by atomic mass is 16.6. The molecule has 0 radical (unpaired) electrons. The van der Waals surface area contributed by atoms with Crippen LogP contribution in [0.4, 0.5) is 0 Å². The maximum absolute atomic E-state index is 5.74. The Balaban J connectivity index is 1.24. The molecule has 1 aliphatic carbocycles. The van der Waals surface area contributed by atoms with E-state index < -0.39 is 0 Å². The van der Waals surface area contributed by atoms with Crippen molar-refractivity contribution in [2.75, 3.05) is 19.8 Å². The molecule has 1 N–H and O–H groups in total. The number of rotatable bonds is 6. The first-order chi connectivity index (χ1) is 15.2. The number of ether oxygens (including phenoxy) is 2. The highest BCUT2D eigenvalue weighted by Gasteiger charge is 2.17. The highest BCUT2D eigenvalue weighted by molar-refractivity contribution is 5.66. The smallest absolute Gasteiger partial charge is 0.162 e. The molecule has 31 heavy (non-hydrogen) atoms. The molecule has 0 amide bonds. The Labute approximate surface area is 182 Å². The molecule has 7 heteroatoms. The molecule has 5 rings (SSSR count). The zero-order valence-electron chi connectivity index (χ0n) is 18.3. The molecular formula is C24H29N5O2. The summed E-state index contributed by atoms with van der Waals surface area (Å²) in [5, 5.41) is 8.23. The largest absolute Gasteiger partial charge is 0.486 e. The van der Waals surface area contributed by atoms with E-state index in [2.05, 4.69) is 23.5 Å². The van der Waals surface area contributed by atoms with Gasteiger partial charge in [-0.3, -0.25) is 4.68 Å². The topological polar surface area (TPSA) is 74.1 Å². The van der Waals surface area contributed by atoms with E-state index in [0.717, 1.165) is 72.2 Å². The van der Waals surface area contributed by atoms with E-state index in [1.165, 1.54) is 24.1 Å². The van der Waals surface area contributed by atoms with Crippen molar-refractivity contribution in [3.63, 3.8) is 0 Å². The number of hydrogen-bond donors (Lipinski definition) is 1. The molecule has 1 aromatic carbocycles. The number of benzene rings is 1. The van der Waals surface area contributed by atoms with Crippen molar-refractivity contribution in [2.24, 2.45) is 7.05 Å². The average molecular weight is 420 g/mol. The second kappa shape index (κ2) is 8.67. The van der Waals surface area contributed by atoms with Crippen LogP contribution >= 0.6 is 0 Å². The van der Waals surface area contributed by atoms with Gasteiger partial charge in [0.15, 0.2) is 11.5 Å². The third-order valence-corrected chi connectivity index (χ3v) is 6.00. The number of nitrogens with one attached hydrogen (secondary N) is 1. The quantitative estimate of drug-likeness (QED) is 0.619. The van der Waals surface area contributed by atoms with Gasteiger partial charge < -0.3 is 14.8 Å². The van der Waals surface area contributed by atoms with Crippen LogP contribution in [0.5, 0.6) is 11.5 Å². The minimum atomic E-state index is 0.581. The van der Waals surface area contributed by atoms with Crippen LogP contribution in [0.3, 0.4) is 0 Å². The van der Waals surface area contributed by atoms with E-state index in [1.54, 1.807) is 0 Å². The SMILES string of the molecule is Cc1nc(CCNCc2cn(C)nc2-c2ccc3c(c2)OCCO3)nc2c1CCCC2. The zero-order chi connectivity index (χ0) is 21.2. The van der Waals surface area contributed by atoms with Crippen molar-refractivity contribution in [1.29, 1.82) is 0 Å². The van der Waals surface area contributed by atoms with Gasteiger partial charge >= 0.3 is 0 Å². The van der Waals surface area contributed by atoms with Crippen LogP contribution in [-0.2, 0) is 32.9 Å². The molecule has 0 spiro atoms. The fraction of sp³-hybridized carbons (Fsp3) is 0.458. The molecule has 0 atom stereocenters. The van der Waals surface area contributed by atoms with Gasteiger partial charge in [-0.15, -0.1) is 0 Å². The lowest BCUT2D eigenvalue weighted by atomic mass is 9.95. The lowest BCUT2D eigenvalue weighted by molar-refractivity contribution is 0.171. The lowest BCUT2D eigenvalue weighted by Gasteiger charge is -2.18. The predicted molar refractivity (Wildman–Crippen MR) is 118 cm³/mol. The maximum Gasteiger partial charge on any atom is 0.162 e. The van der Waals surface area contributed by atoms with Gasteiger partial charge in [0.2, 0.25) is 0 Å². The number of aromatic nitrogens is 4. The van der Waals surface area contributed by atoms with E-state index in [-0.39, 0.29) is 0 Å². The molecule has 3 heterocycles. The number of hydrogen-bond acceptors (Lipinski definition) is 6. The van der Waals surface area contributed by atoms with Gasteiger partial charge in [0.25, 0.3) is 0 Å². The van der Waals surface area contributed by atoms with Gasteiger partial charge in [0.1, 0.15) is 19.0 Å². The standard InChI is InChI=1S/C24H29N5O2/c1-16-19-5-3-4-6-20(19)27-23(26-16)9-10-25-14-18-15-29(2)28-24(18)17-7-8-21-22(13-17)31-12-11-30-21/h7-8,13,15,25H,3-6,9-12,14H2,1-2H3. The Kier molecular flexibility index (Phi) is 5.59. The predicted octanol–water partition coefficient (Wildman–Crippen LogP) is 3.17. The van der Waals surface area contributed by atoms with Gasteiger partial charge in [-0.25, -0.2) is 9.97 Å². The first-order valence-corrected chi connectivity index (χ1v) is 11.2. The van der Waals surface area contributed by atoms with Crippen LogP contribution in [0.25, 0.3) is 11.3 Å². The highest BCUT2D eigenvalue weighted by Crippen LogP contribution is 2.35. The van der Waals surface area contributed by atoms with E-state index in [0.29, 0.717) is 13.2 Å². The van der Waals surface area contributed by atoms with Gasteiger partial charge in [0, 0.05) is 55.3 Å². The molecule has 0 unspecified atom stereocenters. The van der Waals surface area contributed by atoms with E-state index in [1.807, 2.05) is 29.9 Å². The first kappa shape index (κ1) is 20.0. The Hall–Kier alpha value is -2.93. The second-order valence-electron chi connectivity index (χ2n) is 8.32. The number of fused-ring (bicyclic) bond motifs is 2. The van der Waals surface area contributed by atoms with Crippen molar-refractivity contribution in [1.82, 2.24) is 25.1 Å². The summed E-state index contributed by atoms with van der Waals surface area (Å²) in [6.07, 6.45) is 7.61. The summed E-state index contributed by atoms with van der Waals surface area (Å²) in [6.45, 7) is 4.86. The normalized spacial score (nSPS) is 15.0. The number of nitrogens with zero attached hydrogens (tertiary/aromatic N) is 4. The fourth-order valence-corrected chi connectivity index (χ4v) is 4.48. The molecule has 3 aromatic rings. The van der Waals surface area contributed by atoms with Crippen molar-refractivity contribution in [3.05, 3.63) is 52.7 Å². The second-order valence-corrected chi connectivity index (χ2v) is 8.32. The van der Waals surface area contributed by atoms with Crippen molar-refractivity contribution < 1.29 is 9.47 Å². The first-order valence-electron chi connectivity index (χ1n) is 11.2. The van der Waals surface area contributed by atoms with E-state index in [4.69, 9.17) is 19.4 Å². The zero-order valence-corrected chi connectivity index (χ0v) is 18.3. The van der Waals surface area contributed by atoms with Crippen LogP contribution in [-0.4, -0.2) is 39.5 Å². The molecule has 1 aliphatic heterocycles. The lowest BCUT2D eigenvalue weighted by Crippen LogP contribution is -2.19. The summed E-state index contributed by atoms with van der Waals surface area (Å²) in [6, 6.07) is 6.03. The molecule has 2 aromatic heterocycles. The Bertz CT molecular complexity index is 1090. The Morgan fingerprint density at radius 3 is 2.81 bits per heavy atom. The summed E-state index contributed by atoms with van der Waals surface area (Å²) < 4.78 is 13.2. The van der Waals surface area contributed by atoms with Crippen LogP contribution < -0.4 is 14.8 Å². The molecule has 0 saturated carbocycles. The monoisotopic (exact) mass is 419 g/mol. The van der Waals surface area contributed by atoms with E-state index >= 15 is 0 Å². The average Bonchev–Trinajstić information content (AvgIpc) is 3.17. The van der Waals surface area contributed by atoms with Crippen molar-refractivity contribution >= 4 is 0 Å². The molecule has 0 saturated heterocycles. The molecule has 162 valence electrons. The molecule has 0 fully saturated rings. The molecular weight excluding hydrogens is 390 g/mol. The molecule has 0 bridgehead atoms. The summed E-state index contributed by atoms with van der Waals surface area (Å²) in [5.74, 6) is 2.53. The van der Waals surface area contributed by atoms with Gasteiger partial charge in [-0.2, -0.15) is 5.10 Å². The fourth-order valence-electron chi connectivity index (χ4n) is 4.48. The Morgan fingerprint density at radius 1 is 1.06 bits per heavy atom. The van der Waals surface area contributed by atoms with Crippen LogP contribution in [0, 0.1) is 6.92 Å². The van der Waals surface area contributed by atoms with E-state index in [9.17, 15) is 0 Å². The van der Waals surface area contributed by atoms with Crippen molar-refractivity contribution in [2.45, 2.75) is 45.6 Å². The van der Waals surface area contributed by atoms with Gasteiger partial charge in [-0.05, 0) is 56.4 Å². The maximum atomic E-state index is 5.74. The summed E-state index contributed by atoms with van der Waals surface area (Å²) in [5.41, 5.74) is 6.96. The summed E-state index contributed by atoms with van der Waals surface area (Å²) in [4.78, 5) is 9.58. The minimum absolute atomic E-state index is 0.581. The molecule has 2 aliphatic rings. The Morgan fingerprint density at radius 2 is 1.90 bits per heavy atom. The third kappa shape index (κ3) is 4.28. The van der Waals surface area contributed by atoms with Gasteiger partial charge in [0.05, 0.1) is 5.69 Å². The summed E-state index contributed by atoms with van der Waals surface area (Å²) >= 11 is 0. The van der Waals surface area contributed by atoms with Gasteiger partial charge in [-0.1, -0.05) is 0 Å². The van der Waals surface area contributed by atoms with Crippen LogP contribution in [0.1, 0.15) is 41.2 Å². The van der Waals surface area contributed by atoms with Crippen LogP contribution in [0.15, 0.2) is 24.4 Å². The summed E-state index contributed by atoms with van der Waals surface area (Å²) in [7, 11) is 1.95. The third-order valence-electron chi connectivity index (χ3n) is 6.00. The minimum Gasteiger partial charge on any atom is -0.486 e. The van der Waals surface area contributed by atoms with Crippen molar-refractivity contribution in [3.8, 4) is 22.8 Å². The van der Waals surface area contributed by atoms with Crippen LogP contribution in [0.2, 0.25) is 0 Å².